The van der Waals surface area contributed by atoms with Gasteiger partial charge >= 0.3 is 0 Å². The van der Waals surface area contributed by atoms with Crippen molar-refractivity contribution in [3.05, 3.63) is 206 Å². The van der Waals surface area contributed by atoms with E-state index in [1.807, 2.05) is 0 Å². The van der Waals surface area contributed by atoms with E-state index >= 15 is 0 Å². The maximum absolute atomic E-state index is 2.39. The second-order valence-corrected chi connectivity index (χ2v) is 13.4. The molecule has 0 fully saturated rings. The summed E-state index contributed by atoms with van der Waals surface area (Å²) in [6.45, 7) is 0. The van der Waals surface area contributed by atoms with Crippen molar-refractivity contribution >= 4 is 88.0 Å². The highest BCUT2D eigenvalue weighted by molar-refractivity contribution is 6.18. The molecule has 2 heteroatoms. The van der Waals surface area contributed by atoms with Crippen LogP contribution in [-0.2, 0) is 0 Å². The Balaban J connectivity index is 1.14. The van der Waals surface area contributed by atoms with Crippen LogP contribution in [0.1, 0.15) is 0 Å². The van der Waals surface area contributed by atoms with Gasteiger partial charge in [0.05, 0.1) is 11.4 Å². The SMILES string of the molecule is c1ccc(N(c2ccc3c(ccc4c5cc(N(c6ccccc6)c6cccc7ccccc67)ccc5ccc34)c2)c2cccc3ccccc23)cc1. The molecule has 0 unspecified atom stereocenters. The van der Waals surface area contributed by atoms with Gasteiger partial charge in [-0.1, -0.05) is 146 Å². The average molecular weight is 663 g/mol. The number of para-hydroxylation sites is 2. The fourth-order valence-electron chi connectivity index (χ4n) is 7.95. The topological polar surface area (TPSA) is 6.48 Å². The lowest BCUT2D eigenvalue weighted by atomic mass is 9.96. The molecule has 0 saturated carbocycles. The molecule has 0 amide bonds. The first-order valence-electron chi connectivity index (χ1n) is 17.9. The van der Waals surface area contributed by atoms with Gasteiger partial charge in [0.2, 0.25) is 0 Å². The van der Waals surface area contributed by atoms with Crippen molar-refractivity contribution in [3.63, 3.8) is 0 Å². The first-order chi connectivity index (χ1) is 25.8. The summed E-state index contributed by atoms with van der Waals surface area (Å²) >= 11 is 0. The fourth-order valence-corrected chi connectivity index (χ4v) is 7.95. The Kier molecular flexibility index (Phi) is 7.18. The van der Waals surface area contributed by atoms with E-state index in [4.69, 9.17) is 0 Å². The van der Waals surface area contributed by atoms with Crippen molar-refractivity contribution in [1.82, 2.24) is 0 Å². The largest absolute Gasteiger partial charge is 0.310 e. The van der Waals surface area contributed by atoms with Crippen LogP contribution in [0.15, 0.2) is 206 Å². The zero-order valence-corrected chi connectivity index (χ0v) is 28.5. The van der Waals surface area contributed by atoms with E-state index in [9.17, 15) is 0 Å². The monoisotopic (exact) mass is 662 g/mol. The lowest BCUT2D eigenvalue weighted by molar-refractivity contribution is 1.30. The van der Waals surface area contributed by atoms with Gasteiger partial charge < -0.3 is 9.80 Å². The molecule has 0 bridgehead atoms. The van der Waals surface area contributed by atoms with Crippen LogP contribution in [0.5, 0.6) is 0 Å². The van der Waals surface area contributed by atoms with Crippen molar-refractivity contribution in [1.29, 1.82) is 0 Å². The van der Waals surface area contributed by atoms with Gasteiger partial charge in [-0.15, -0.1) is 0 Å². The van der Waals surface area contributed by atoms with E-state index in [1.54, 1.807) is 0 Å². The Morgan fingerprint density at radius 2 is 0.635 bits per heavy atom. The van der Waals surface area contributed by atoms with Gasteiger partial charge in [-0.25, -0.2) is 0 Å². The molecule has 10 rings (SSSR count). The lowest BCUT2D eigenvalue weighted by Crippen LogP contribution is -2.10. The summed E-state index contributed by atoms with van der Waals surface area (Å²) in [6.07, 6.45) is 0. The van der Waals surface area contributed by atoms with E-state index in [0.29, 0.717) is 0 Å². The summed E-state index contributed by atoms with van der Waals surface area (Å²) in [5.41, 5.74) is 6.85. The third-order valence-electron chi connectivity index (χ3n) is 10.4. The predicted molar refractivity (Wildman–Crippen MR) is 223 cm³/mol. The van der Waals surface area contributed by atoms with Crippen LogP contribution in [0.4, 0.5) is 34.1 Å². The van der Waals surface area contributed by atoms with Gasteiger partial charge in [-0.05, 0) is 104 Å². The molecule has 244 valence electrons. The third kappa shape index (κ3) is 5.04. The van der Waals surface area contributed by atoms with Crippen molar-refractivity contribution < 1.29 is 0 Å². The van der Waals surface area contributed by atoms with Crippen LogP contribution in [0.2, 0.25) is 0 Å². The van der Waals surface area contributed by atoms with E-state index in [2.05, 4.69) is 216 Å². The molecule has 10 aromatic rings. The maximum Gasteiger partial charge on any atom is 0.0540 e. The Bertz CT molecular complexity index is 2900. The summed E-state index contributed by atoms with van der Waals surface area (Å²) in [4.78, 5) is 4.77. The van der Waals surface area contributed by atoms with Gasteiger partial charge in [0.25, 0.3) is 0 Å². The molecule has 0 radical (unpaired) electrons. The molecule has 0 aliphatic carbocycles. The molecule has 0 aliphatic heterocycles. The third-order valence-corrected chi connectivity index (χ3v) is 10.4. The van der Waals surface area contributed by atoms with Crippen LogP contribution < -0.4 is 9.80 Å². The van der Waals surface area contributed by atoms with Crippen molar-refractivity contribution in [2.75, 3.05) is 9.80 Å². The van der Waals surface area contributed by atoms with E-state index in [-0.39, 0.29) is 0 Å². The second kappa shape index (κ2) is 12.5. The zero-order chi connectivity index (χ0) is 34.4. The summed E-state index contributed by atoms with van der Waals surface area (Å²) in [5.74, 6) is 0. The van der Waals surface area contributed by atoms with Crippen LogP contribution in [-0.4, -0.2) is 0 Å². The molecule has 0 saturated heterocycles. The van der Waals surface area contributed by atoms with Gasteiger partial charge in [0.1, 0.15) is 0 Å². The Morgan fingerprint density at radius 1 is 0.212 bits per heavy atom. The molecule has 0 aliphatic rings. The molecule has 0 heterocycles. The zero-order valence-electron chi connectivity index (χ0n) is 28.5. The minimum atomic E-state index is 1.13. The minimum absolute atomic E-state index is 1.13. The fraction of sp³-hybridized carbons (Fsp3) is 0. The van der Waals surface area contributed by atoms with E-state index in [1.165, 1.54) is 53.9 Å². The molecular formula is C50H34N2. The van der Waals surface area contributed by atoms with Crippen molar-refractivity contribution in [3.8, 4) is 0 Å². The molecular weight excluding hydrogens is 629 g/mol. The standard InChI is InChI=1S/C50H34N2/c1-3-17-39(18-4-1)51(49-23-11-15-35-13-7-9-21-44(35)49)41-29-32-43-38(33-41)27-31-47-46(43)30-26-37-25-28-42(34-48(37)47)52(40-19-5-2-6-20-40)50-24-12-16-36-14-8-10-22-45(36)50/h1-34H. The molecule has 10 aromatic carbocycles. The normalized spacial score (nSPS) is 11.5. The Labute approximate surface area is 303 Å². The molecule has 52 heavy (non-hydrogen) atoms. The van der Waals surface area contributed by atoms with Crippen molar-refractivity contribution in [2.24, 2.45) is 0 Å². The molecule has 0 aromatic heterocycles. The maximum atomic E-state index is 2.39. The average Bonchev–Trinajstić information content (AvgIpc) is 3.22. The minimum Gasteiger partial charge on any atom is -0.310 e. The number of nitrogens with zero attached hydrogens (tertiary/aromatic N) is 2. The first-order valence-corrected chi connectivity index (χ1v) is 17.9. The van der Waals surface area contributed by atoms with Gasteiger partial charge in [-0.2, -0.15) is 0 Å². The van der Waals surface area contributed by atoms with E-state index in [0.717, 1.165) is 34.1 Å². The van der Waals surface area contributed by atoms with Crippen molar-refractivity contribution in [2.45, 2.75) is 0 Å². The molecule has 0 spiro atoms. The van der Waals surface area contributed by atoms with Gasteiger partial charge in [-0.3, -0.25) is 0 Å². The number of fused-ring (bicyclic) bond motifs is 7. The summed E-state index contributed by atoms with van der Waals surface area (Å²) in [7, 11) is 0. The van der Waals surface area contributed by atoms with Gasteiger partial charge in [0, 0.05) is 33.5 Å². The smallest absolute Gasteiger partial charge is 0.0540 e. The molecule has 2 nitrogen and oxygen atoms in total. The van der Waals surface area contributed by atoms with Crippen LogP contribution in [0.25, 0.3) is 53.9 Å². The summed E-state index contributed by atoms with van der Waals surface area (Å²) in [5, 5.41) is 12.3. The molecule has 0 atom stereocenters. The molecule has 0 N–H and O–H groups in total. The number of hydrogen-bond donors (Lipinski definition) is 0. The predicted octanol–water partition coefficient (Wildman–Crippen LogP) is 14.4. The van der Waals surface area contributed by atoms with Crippen LogP contribution in [0, 0.1) is 0 Å². The van der Waals surface area contributed by atoms with Crippen LogP contribution >= 0.6 is 0 Å². The number of rotatable bonds is 6. The summed E-state index contributed by atoms with van der Waals surface area (Å²) in [6, 6.07) is 74.7. The Morgan fingerprint density at radius 3 is 1.25 bits per heavy atom. The number of hydrogen-bond acceptors (Lipinski definition) is 2. The van der Waals surface area contributed by atoms with E-state index < -0.39 is 0 Å². The summed E-state index contributed by atoms with van der Waals surface area (Å²) < 4.78 is 0. The number of benzene rings is 10. The highest BCUT2D eigenvalue weighted by atomic mass is 15.1. The highest BCUT2D eigenvalue weighted by Gasteiger charge is 2.18. The highest BCUT2D eigenvalue weighted by Crippen LogP contribution is 2.43. The number of anilines is 6. The first kappa shape index (κ1) is 30.0. The second-order valence-electron chi connectivity index (χ2n) is 13.4. The quantitative estimate of drug-likeness (QED) is 0.164. The van der Waals surface area contributed by atoms with Crippen LogP contribution in [0.3, 0.4) is 0 Å². The Hall–Kier alpha value is -6.90. The van der Waals surface area contributed by atoms with Gasteiger partial charge in [0.15, 0.2) is 0 Å². The lowest BCUT2D eigenvalue weighted by Gasteiger charge is -2.27.